The smallest absolute Gasteiger partial charge is 0.243 e. The van der Waals surface area contributed by atoms with Crippen LogP contribution in [0.2, 0.25) is 0 Å². The van der Waals surface area contributed by atoms with Crippen molar-refractivity contribution in [2.45, 2.75) is 31.7 Å². The summed E-state index contributed by atoms with van der Waals surface area (Å²) in [5.41, 5.74) is 2.56. The Labute approximate surface area is 207 Å². The van der Waals surface area contributed by atoms with E-state index in [2.05, 4.69) is 5.32 Å². The molecule has 0 aromatic heterocycles. The molecule has 1 N–H and O–H groups in total. The Morgan fingerprint density at radius 1 is 0.971 bits per heavy atom. The number of nitrogens with one attached hydrogen (secondary N) is 1. The van der Waals surface area contributed by atoms with Crippen LogP contribution < -0.4 is 14.8 Å². The molecule has 0 saturated heterocycles. The summed E-state index contributed by atoms with van der Waals surface area (Å²) in [5.74, 6) is 1.04. The van der Waals surface area contributed by atoms with E-state index in [0.29, 0.717) is 25.3 Å². The summed E-state index contributed by atoms with van der Waals surface area (Å²) in [6, 6.07) is 21.6. The number of aryl methyl sites for hydroxylation is 1. The van der Waals surface area contributed by atoms with Gasteiger partial charge >= 0.3 is 0 Å². The van der Waals surface area contributed by atoms with Crippen molar-refractivity contribution in [2.24, 2.45) is 0 Å². The molecular weight excluding hydrogens is 464 g/mol. The molecule has 1 amide bonds. The number of rotatable bonds is 12. The zero-order valence-electron chi connectivity index (χ0n) is 20.4. The minimum atomic E-state index is -3.93. The fourth-order valence-corrected chi connectivity index (χ4v) is 5.09. The molecule has 7 nitrogen and oxygen atoms in total. The molecule has 0 saturated carbocycles. The standard InChI is InChI=1S/C27H32N2O5S/c1-4-34-26-15-14-25(18-21(26)2)35(31,32)29(19-23-8-6-5-7-9-23)20-27(30)28-17-16-22-10-12-24(33-3)13-11-22/h5-15,18H,4,16-17,19-20H2,1-3H3,(H,28,30). The zero-order valence-corrected chi connectivity index (χ0v) is 21.2. The van der Waals surface area contributed by atoms with Crippen molar-refractivity contribution in [3.05, 3.63) is 89.5 Å². The Bertz CT molecular complexity index is 1210. The molecule has 0 spiro atoms. The van der Waals surface area contributed by atoms with E-state index in [-0.39, 0.29) is 23.9 Å². The lowest BCUT2D eigenvalue weighted by Crippen LogP contribution is -2.40. The van der Waals surface area contributed by atoms with E-state index in [4.69, 9.17) is 9.47 Å². The molecule has 0 bridgehead atoms. The van der Waals surface area contributed by atoms with Crippen LogP contribution in [0, 0.1) is 6.92 Å². The third-order valence-corrected chi connectivity index (χ3v) is 7.29. The van der Waals surface area contributed by atoms with Crippen LogP contribution in [0.3, 0.4) is 0 Å². The quantitative estimate of drug-likeness (QED) is 0.410. The van der Waals surface area contributed by atoms with Gasteiger partial charge in [0.05, 0.1) is 25.2 Å². The third kappa shape index (κ3) is 7.31. The third-order valence-electron chi connectivity index (χ3n) is 5.50. The van der Waals surface area contributed by atoms with Crippen LogP contribution in [-0.4, -0.2) is 45.4 Å². The highest BCUT2D eigenvalue weighted by atomic mass is 32.2. The lowest BCUT2D eigenvalue weighted by molar-refractivity contribution is -0.121. The number of carbonyl (C=O) groups is 1. The minimum absolute atomic E-state index is 0.0847. The van der Waals surface area contributed by atoms with Crippen molar-refractivity contribution >= 4 is 15.9 Å². The van der Waals surface area contributed by atoms with Crippen molar-refractivity contribution in [3.63, 3.8) is 0 Å². The first-order valence-corrected chi connectivity index (χ1v) is 12.9. The molecule has 8 heteroatoms. The Hall–Kier alpha value is -3.36. The number of hydrogen-bond acceptors (Lipinski definition) is 5. The monoisotopic (exact) mass is 496 g/mol. The molecule has 35 heavy (non-hydrogen) atoms. The second-order valence-corrected chi connectivity index (χ2v) is 10.0. The highest BCUT2D eigenvalue weighted by Gasteiger charge is 2.27. The van der Waals surface area contributed by atoms with E-state index < -0.39 is 10.0 Å². The van der Waals surface area contributed by atoms with Crippen LogP contribution in [0.1, 0.15) is 23.6 Å². The molecule has 3 rings (SSSR count). The van der Waals surface area contributed by atoms with Crippen LogP contribution >= 0.6 is 0 Å². The van der Waals surface area contributed by atoms with Gasteiger partial charge in [0, 0.05) is 13.1 Å². The van der Waals surface area contributed by atoms with Gasteiger partial charge in [-0.3, -0.25) is 4.79 Å². The fourth-order valence-electron chi connectivity index (χ4n) is 3.62. The highest BCUT2D eigenvalue weighted by molar-refractivity contribution is 7.89. The first-order chi connectivity index (χ1) is 16.8. The largest absolute Gasteiger partial charge is 0.497 e. The number of sulfonamides is 1. The van der Waals surface area contributed by atoms with Crippen LogP contribution in [0.5, 0.6) is 11.5 Å². The predicted molar refractivity (Wildman–Crippen MR) is 136 cm³/mol. The van der Waals surface area contributed by atoms with Gasteiger partial charge in [-0.15, -0.1) is 0 Å². The maximum absolute atomic E-state index is 13.5. The van der Waals surface area contributed by atoms with Gasteiger partial charge in [0.1, 0.15) is 11.5 Å². The summed E-state index contributed by atoms with van der Waals surface area (Å²) in [4.78, 5) is 12.9. The van der Waals surface area contributed by atoms with Gasteiger partial charge in [-0.05, 0) is 67.3 Å². The van der Waals surface area contributed by atoms with E-state index in [0.717, 1.165) is 22.4 Å². The van der Waals surface area contributed by atoms with Crippen molar-refractivity contribution < 1.29 is 22.7 Å². The van der Waals surface area contributed by atoms with Gasteiger partial charge in [0.2, 0.25) is 15.9 Å². The summed E-state index contributed by atoms with van der Waals surface area (Å²) >= 11 is 0. The fraction of sp³-hybridized carbons (Fsp3) is 0.296. The average Bonchev–Trinajstić information content (AvgIpc) is 2.86. The number of hydrogen-bond donors (Lipinski definition) is 1. The lowest BCUT2D eigenvalue weighted by atomic mass is 10.1. The Kier molecular flexibility index (Phi) is 9.28. The van der Waals surface area contributed by atoms with Crippen LogP contribution in [0.25, 0.3) is 0 Å². The van der Waals surface area contributed by atoms with E-state index in [1.54, 1.807) is 26.2 Å². The van der Waals surface area contributed by atoms with Crippen molar-refractivity contribution in [2.75, 3.05) is 26.8 Å². The number of amides is 1. The SMILES string of the molecule is CCOc1ccc(S(=O)(=O)N(CC(=O)NCCc2ccc(OC)cc2)Cc2ccccc2)cc1C. The summed E-state index contributed by atoms with van der Waals surface area (Å²) in [6.07, 6.45) is 0.624. The van der Waals surface area contributed by atoms with Crippen molar-refractivity contribution in [1.82, 2.24) is 9.62 Å². The van der Waals surface area contributed by atoms with Gasteiger partial charge in [-0.2, -0.15) is 4.31 Å². The predicted octanol–water partition coefficient (Wildman–Crippen LogP) is 3.95. The lowest BCUT2D eigenvalue weighted by Gasteiger charge is -2.22. The molecule has 0 heterocycles. The number of benzene rings is 3. The summed E-state index contributed by atoms with van der Waals surface area (Å²) in [5, 5.41) is 2.84. The van der Waals surface area contributed by atoms with Gasteiger partial charge in [-0.25, -0.2) is 8.42 Å². The van der Waals surface area contributed by atoms with Crippen LogP contribution in [0.4, 0.5) is 0 Å². The first kappa shape index (κ1) is 26.2. The summed E-state index contributed by atoms with van der Waals surface area (Å²) in [7, 11) is -2.32. The Morgan fingerprint density at radius 2 is 1.69 bits per heavy atom. The zero-order chi connectivity index (χ0) is 25.3. The molecule has 0 aliphatic heterocycles. The molecule has 0 unspecified atom stereocenters. The topological polar surface area (TPSA) is 84.9 Å². The summed E-state index contributed by atoms with van der Waals surface area (Å²) in [6.45, 7) is 4.36. The second-order valence-electron chi connectivity index (χ2n) is 8.07. The maximum Gasteiger partial charge on any atom is 0.243 e. The van der Waals surface area contributed by atoms with Gasteiger partial charge < -0.3 is 14.8 Å². The van der Waals surface area contributed by atoms with Gasteiger partial charge in [0.25, 0.3) is 0 Å². The number of ether oxygens (including phenoxy) is 2. The van der Waals surface area contributed by atoms with E-state index >= 15 is 0 Å². The summed E-state index contributed by atoms with van der Waals surface area (Å²) < 4.78 is 39.0. The highest BCUT2D eigenvalue weighted by Crippen LogP contribution is 2.25. The van der Waals surface area contributed by atoms with Crippen LogP contribution in [0.15, 0.2) is 77.7 Å². The number of nitrogens with zero attached hydrogens (tertiary/aromatic N) is 1. The molecule has 3 aromatic carbocycles. The Balaban J connectivity index is 1.73. The minimum Gasteiger partial charge on any atom is -0.497 e. The molecule has 3 aromatic rings. The maximum atomic E-state index is 13.5. The Morgan fingerprint density at radius 3 is 2.31 bits per heavy atom. The van der Waals surface area contributed by atoms with Crippen molar-refractivity contribution in [1.29, 1.82) is 0 Å². The number of methoxy groups -OCH3 is 1. The molecule has 0 aliphatic rings. The second kappa shape index (κ2) is 12.4. The molecule has 0 aliphatic carbocycles. The molecule has 0 atom stereocenters. The van der Waals surface area contributed by atoms with E-state index in [9.17, 15) is 13.2 Å². The molecule has 0 fully saturated rings. The normalized spacial score (nSPS) is 11.3. The number of carbonyl (C=O) groups excluding carboxylic acids is 1. The molecule has 186 valence electrons. The molecule has 0 radical (unpaired) electrons. The van der Waals surface area contributed by atoms with Gasteiger partial charge in [-0.1, -0.05) is 42.5 Å². The van der Waals surface area contributed by atoms with Gasteiger partial charge in [0.15, 0.2) is 0 Å². The first-order valence-electron chi connectivity index (χ1n) is 11.5. The average molecular weight is 497 g/mol. The van der Waals surface area contributed by atoms with Crippen molar-refractivity contribution in [3.8, 4) is 11.5 Å². The van der Waals surface area contributed by atoms with Crippen LogP contribution in [-0.2, 0) is 27.8 Å². The van der Waals surface area contributed by atoms with E-state index in [1.165, 1.54) is 10.4 Å². The molecular formula is C27H32N2O5S. The van der Waals surface area contributed by atoms with E-state index in [1.807, 2.05) is 61.5 Å².